The maximum absolute atomic E-state index is 12.9. The van der Waals surface area contributed by atoms with Crippen molar-refractivity contribution in [2.45, 2.75) is 31.8 Å². The van der Waals surface area contributed by atoms with E-state index in [1.807, 2.05) is 35.2 Å². The summed E-state index contributed by atoms with van der Waals surface area (Å²) in [5.74, 6) is 2.07. The number of carbonyl (C=O) groups is 1. The molecule has 3 aromatic rings. The third kappa shape index (κ3) is 5.19. The summed E-state index contributed by atoms with van der Waals surface area (Å²) in [5.41, 5.74) is 1.50. The molecule has 1 amide bonds. The average Bonchev–Trinajstić information content (AvgIpc) is 3.38. The Bertz CT molecular complexity index is 1050. The highest BCUT2D eigenvalue weighted by atomic mass is 16.5. The molecule has 1 saturated heterocycles. The number of nitrogens with one attached hydrogen (secondary N) is 1. The van der Waals surface area contributed by atoms with Crippen LogP contribution in [0.25, 0.3) is 0 Å². The predicted octanol–water partition coefficient (Wildman–Crippen LogP) is 3.29. The van der Waals surface area contributed by atoms with E-state index in [0.717, 1.165) is 24.3 Å². The molecule has 0 aromatic carbocycles. The van der Waals surface area contributed by atoms with Crippen LogP contribution >= 0.6 is 0 Å². The van der Waals surface area contributed by atoms with Gasteiger partial charge in [0.1, 0.15) is 6.10 Å². The molecule has 170 valence electrons. The summed E-state index contributed by atoms with van der Waals surface area (Å²) in [7, 11) is 0. The van der Waals surface area contributed by atoms with Crippen molar-refractivity contribution in [3.8, 4) is 5.88 Å². The normalized spacial score (nSPS) is 16.6. The van der Waals surface area contributed by atoms with E-state index in [2.05, 4.69) is 30.4 Å². The molecule has 3 aromatic heterocycles. The van der Waals surface area contributed by atoms with Crippen LogP contribution in [0.5, 0.6) is 5.88 Å². The lowest BCUT2D eigenvalue weighted by Crippen LogP contribution is -2.49. The summed E-state index contributed by atoms with van der Waals surface area (Å²) in [6, 6.07) is 11.2. The van der Waals surface area contributed by atoms with Gasteiger partial charge in [0.2, 0.25) is 5.88 Å². The van der Waals surface area contributed by atoms with Gasteiger partial charge in [-0.05, 0) is 56.0 Å². The van der Waals surface area contributed by atoms with Crippen LogP contribution in [0.15, 0.2) is 55.0 Å². The lowest BCUT2D eigenvalue weighted by molar-refractivity contribution is 0.0746. The molecule has 2 fully saturated rings. The van der Waals surface area contributed by atoms with Crippen molar-refractivity contribution in [2.75, 3.05) is 36.4 Å². The monoisotopic (exact) mass is 445 g/mol. The molecule has 0 spiro atoms. The first kappa shape index (κ1) is 21.1. The van der Waals surface area contributed by atoms with Gasteiger partial charge in [-0.3, -0.25) is 9.78 Å². The Balaban J connectivity index is 1.13. The second-order valence-corrected chi connectivity index (χ2v) is 8.33. The molecule has 1 aliphatic carbocycles. The molecule has 1 aliphatic heterocycles. The van der Waals surface area contributed by atoms with Gasteiger partial charge >= 0.3 is 0 Å². The highest BCUT2D eigenvalue weighted by Crippen LogP contribution is 2.23. The summed E-state index contributed by atoms with van der Waals surface area (Å²) >= 11 is 0. The molecule has 1 saturated carbocycles. The van der Waals surface area contributed by atoms with Crippen LogP contribution in [0.1, 0.15) is 36.0 Å². The first-order valence-corrected chi connectivity index (χ1v) is 11.4. The van der Waals surface area contributed by atoms with Gasteiger partial charge in [0, 0.05) is 56.5 Å². The number of amides is 1. The fourth-order valence-electron chi connectivity index (χ4n) is 4.22. The zero-order chi connectivity index (χ0) is 22.5. The molecule has 0 unspecified atom stereocenters. The van der Waals surface area contributed by atoms with Crippen molar-refractivity contribution in [1.29, 1.82) is 0 Å². The number of hydrogen-bond donors (Lipinski definition) is 1. The van der Waals surface area contributed by atoms with E-state index in [4.69, 9.17) is 4.74 Å². The number of hydrogen-bond acceptors (Lipinski definition) is 8. The molecular formula is C24H27N7O2. The van der Waals surface area contributed by atoms with Crippen molar-refractivity contribution in [3.63, 3.8) is 0 Å². The number of rotatable bonds is 6. The number of pyridine rings is 2. The molecule has 0 atom stereocenters. The van der Waals surface area contributed by atoms with Gasteiger partial charge in [-0.1, -0.05) is 0 Å². The van der Waals surface area contributed by atoms with Gasteiger partial charge in [0.25, 0.3) is 5.91 Å². The van der Waals surface area contributed by atoms with Crippen LogP contribution in [-0.4, -0.2) is 63.3 Å². The standard InChI is InChI=1S/C24H27N7O2/c32-24(18-5-8-23(26-17-18)33-20-3-1-2-4-20)31-15-13-30(14-16-31)22-7-6-21(28-29-22)27-19-9-11-25-12-10-19/h5-12,17,20H,1-4,13-16H2,(H,25,27,28). The van der Waals surface area contributed by atoms with Crippen LogP contribution in [0.4, 0.5) is 17.3 Å². The van der Waals surface area contributed by atoms with Crippen LogP contribution in [0.2, 0.25) is 0 Å². The van der Waals surface area contributed by atoms with Gasteiger partial charge in [0.05, 0.1) is 5.56 Å². The van der Waals surface area contributed by atoms with E-state index < -0.39 is 0 Å². The van der Waals surface area contributed by atoms with Crippen LogP contribution < -0.4 is 15.0 Å². The summed E-state index contributed by atoms with van der Waals surface area (Å²) in [4.78, 5) is 25.3. The Morgan fingerprint density at radius 3 is 2.39 bits per heavy atom. The van der Waals surface area contributed by atoms with Crippen molar-refractivity contribution in [2.24, 2.45) is 0 Å². The van der Waals surface area contributed by atoms with E-state index in [-0.39, 0.29) is 12.0 Å². The van der Waals surface area contributed by atoms with Gasteiger partial charge in [-0.15, -0.1) is 10.2 Å². The van der Waals surface area contributed by atoms with E-state index in [1.165, 1.54) is 12.8 Å². The third-order valence-corrected chi connectivity index (χ3v) is 6.07. The van der Waals surface area contributed by atoms with Crippen molar-refractivity contribution < 1.29 is 9.53 Å². The topological polar surface area (TPSA) is 96.4 Å². The van der Waals surface area contributed by atoms with Crippen molar-refractivity contribution >= 4 is 23.2 Å². The highest BCUT2D eigenvalue weighted by Gasteiger charge is 2.24. The maximum atomic E-state index is 12.9. The van der Waals surface area contributed by atoms with E-state index in [9.17, 15) is 4.79 Å². The smallest absolute Gasteiger partial charge is 0.255 e. The maximum Gasteiger partial charge on any atom is 0.255 e. The molecule has 9 nitrogen and oxygen atoms in total. The average molecular weight is 446 g/mol. The summed E-state index contributed by atoms with van der Waals surface area (Å²) in [6.07, 6.45) is 9.92. The van der Waals surface area contributed by atoms with Crippen LogP contribution in [0.3, 0.4) is 0 Å². The minimum atomic E-state index is -0.00227. The zero-order valence-corrected chi connectivity index (χ0v) is 18.4. The third-order valence-electron chi connectivity index (χ3n) is 6.07. The summed E-state index contributed by atoms with van der Waals surface area (Å²) in [6.45, 7) is 2.65. The van der Waals surface area contributed by atoms with E-state index >= 15 is 0 Å². The fraction of sp³-hybridized carbons (Fsp3) is 0.375. The molecule has 5 rings (SSSR count). The number of anilines is 3. The Hall–Kier alpha value is -3.75. The van der Waals surface area contributed by atoms with Gasteiger partial charge in [-0.2, -0.15) is 0 Å². The molecule has 0 radical (unpaired) electrons. The minimum absolute atomic E-state index is 0.00227. The lowest BCUT2D eigenvalue weighted by atomic mass is 10.2. The van der Waals surface area contributed by atoms with Gasteiger partial charge in [-0.25, -0.2) is 4.98 Å². The van der Waals surface area contributed by atoms with Crippen LogP contribution in [0, 0.1) is 0 Å². The van der Waals surface area contributed by atoms with E-state index in [1.54, 1.807) is 24.7 Å². The molecule has 9 heteroatoms. The lowest BCUT2D eigenvalue weighted by Gasteiger charge is -2.35. The Labute approximate surface area is 192 Å². The number of nitrogens with zero attached hydrogens (tertiary/aromatic N) is 6. The number of piperazine rings is 1. The largest absolute Gasteiger partial charge is 0.474 e. The zero-order valence-electron chi connectivity index (χ0n) is 18.4. The molecule has 2 aliphatic rings. The van der Waals surface area contributed by atoms with Crippen molar-refractivity contribution in [3.05, 3.63) is 60.6 Å². The molecule has 33 heavy (non-hydrogen) atoms. The molecule has 4 heterocycles. The second-order valence-electron chi connectivity index (χ2n) is 8.33. The highest BCUT2D eigenvalue weighted by molar-refractivity contribution is 5.94. The first-order chi connectivity index (χ1) is 16.2. The summed E-state index contributed by atoms with van der Waals surface area (Å²) < 4.78 is 5.90. The summed E-state index contributed by atoms with van der Waals surface area (Å²) in [5, 5.41) is 11.8. The number of aromatic nitrogens is 4. The molecule has 0 bridgehead atoms. The Morgan fingerprint density at radius 1 is 0.939 bits per heavy atom. The SMILES string of the molecule is O=C(c1ccc(OC2CCCC2)nc1)N1CCN(c2ccc(Nc3ccncc3)nn2)CC1. The Kier molecular flexibility index (Phi) is 6.27. The predicted molar refractivity (Wildman–Crippen MR) is 125 cm³/mol. The van der Waals surface area contributed by atoms with Crippen molar-refractivity contribution in [1.82, 2.24) is 25.1 Å². The molecular weight excluding hydrogens is 418 g/mol. The number of carbonyl (C=O) groups excluding carboxylic acids is 1. The second kappa shape index (κ2) is 9.81. The van der Waals surface area contributed by atoms with Crippen LogP contribution in [-0.2, 0) is 0 Å². The Morgan fingerprint density at radius 2 is 1.73 bits per heavy atom. The number of ether oxygens (including phenoxy) is 1. The minimum Gasteiger partial charge on any atom is -0.474 e. The quantitative estimate of drug-likeness (QED) is 0.617. The first-order valence-electron chi connectivity index (χ1n) is 11.4. The fourth-order valence-corrected chi connectivity index (χ4v) is 4.22. The van der Waals surface area contributed by atoms with Gasteiger partial charge < -0.3 is 19.9 Å². The van der Waals surface area contributed by atoms with Gasteiger partial charge in [0.15, 0.2) is 11.6 Å². The van der Waals surface area contributed by atoms with E-state index in [0.29, 0.717) is 43.4 Å². The molecule has 1 N–H and O–H groups in total.